The van der Waals surface area contributed by atoms with E-state index in [-0.39, 0.29) is 17.7 Å². The van der Waals surface area contributed by atoms with Gasteiger partial charge in [0.1, 0.15) is 11.5 Å². The number of nitrogens with zero attached hydrogens (tertiary/aromatic N) is 2. The zero-order chi connectivity index (χ0) is 26.9. The van der Waals surface area contributed by atoms with Crippen LogP contribution in [0.2, 0.25) is 0 Å². The highest BCUT2D eigenvalue weighted by molar-refractivity contribution is 5.86. The van der Waals surface area contributed by atoms with Gasteiger partial charge in [0.15, 0.2) is 0 Å². The highest BCUT2D eigenvalue weighted by Crippen LogP contribution is 2.20. The van der Waals surface area contributed by atoms with Crippen LogP contribution >= 0.6 is 0 Å². The Bertz CT molecular complexity index is 1260. The zero-order valence-electron chi connectivity index (χ0n) is 23.6. The lowest BCUT2D eigenvalue weighted by atomic mass is 9.88. The van der Waals surface area contributed by atoms with Gasteiger partial charge in [-0.25, -0.2) is 0 Å². The quantitative estimate of drug-likeness (QED) is 0.385. The number of aromatic nitrogens is 1. The van der Waals surface area contributed by atoms with Crippen LogP contribution in [0.4, 0.5) is 0 Å². The molecule has 0 spiro atoms. The fourth-order valence-corrected chi connectivity index (χ4v) is 4.91. The van der Waals surface area contributed by atoms with Gasteiger partial charge in [-0.3, -0.25) is 9.69 Å². The molecular weight excluding hydrogens is 458 g/mol. The van der Waals surface area contributed by atoms with Gasteiger partial charge in [0.25, 0.3) is 0 Å². The van der Waals surface area contributed by atoms with Gasteiger partial charge in [0.2, 0.25) is 5.91 Å². The van der Waals surface area contributed by atoms with E-state index >= 15 is 0 Å². The lowest BCUT2D eigenvalue weighted by Crippen LogP contribution is -2.41. The first-order chi connectivity index (χ1) is 17.8. The summed E-state index contributed by atoms with van der Waals surface area (Å²) in [7, 11) is 0. The number of carbonyl (C=O) groups excluding carboxylic acids is 1. The van der Waals surface area contributed by atoms with Crippen LogP contribution in [0.5, 0.6) is 0 Å². The van der Waals surface area contributed by atoms with E-state index in [1.165, 1.54) is 29.4 Å². The number of fused-ring (bicyclic) bond motifs is 1. The summed E-state index contributed by atoms with van der Waals surface area (Å²) in [5.41, 5.74) is 3.49. The minimum Gasteiger partial charge on any atom is -0.463 e. The average Bonchev–Trinajstić information content (AvgIpc) is 3.42. The van der Waals surface area contributed by atoms with Crippen LogP contribution in [-0.2, 0) is 24.4 Å². The Morgan fingerprint density at radius 1 is 1.19 bits per heavy atom. The largest absolute Gasteiger partial charge is 0.463 e. The maximum absolute atomic E-state index is 13.2. The molecule has 37 heavy (non-hydrogen) atoms. The Morgan fingerprint density at radius 2 is 1.95 bits per heavy atom. The van der Waals surface area contributed by atoms with Crippen molar-refractivity contribution in [2.24, 2.45) is 11.8 Å². The third kappa shape index (κ3) is 7.26. The summed E-state index contributed by atoms with van der Waals surface area (Å²) >= 11 is 0. The number of allylic oxidation sites excluding steroid dienone is 5. The molecule has 5 nitrogen and oxygen atoms in total. The fraction of sp³-hybridized carbons (Fsp3) is 0.469. The number of carbonyl (C=O) groups is 1. The number of hydrogen-bond acceptors (Lipinski definition) is 3. The van der Waals surface area contributed by atoms with Gasteiger partial charge in [-0.2, -0.15) is 0 Å². The molecule has 0 aromatic carbocycles. The predicted molar refractivity (Wildman–Crippen MR) is 154 cm³/mol. The van der Waals surface area contributed by atoms with Gasteiger partial charge in [0.05, 0.1) is 19.0 Å². The molecule has 1 amide bonds. The second-order valence-electron chi connectivity index (χ2n) is 10.2. The number of amides is 1. The molecule has 3 rings (SSSR count). The van der Waals surface area contributed by atoms with Crippen molar-refractivity contribution in [3.8, 4) is 0 Å². The summed E-state index contributed by atoms with van der Waals surface area (Å²) in [5.74, 6) is 1.67. The van der Waals surface area contributed by atoms with Gasteiger partial charge < -0.3 is 14.3 Å². The molecule has 2 unspecified atom stereocenters. The summed E-state index contributed by atoms with van der Waals surface area (Å²) < 4.78 is 8.35. The van der Waals surface area contributed by atoms with E-state index in [9.17, 15) is 4.79 Å². The predicted octanol–water partition coefficient (Wildman–Crippen LogP) is 5.15. The minimum absolute atomic E-state index is 0.0361. The van der Waals surface area contributed by atoms with Crippen molar-refractivity contribution in [2.45, 2.75) is 74.0 Å². The molecular formula is C32H45N3O2. The highest BCUT2D eigenvalue weighted by Gasteiger charge is 2.26. The second kappa shape index (κ2) is 13.5. The van der Waals surface area contributed by atoms with E-state index in [4.69, 9.17) is 4.42 Å². The molecule has 0 radical (unpaired) electrons. The standard InChI is InChI=1S/C32H45N3O2/c1-8-11-13-14-23(4)21-35-26(7)25(6)30-19-29(24(5)18-31(30)35)32(36)33-20-27-15-16-28(37-27)22-34(10-3)17-12-9-2/h8,11,13-16,18-19,24,29H,4,9-10,12,17,20-22H2,1-3,5-7H3,(H,33,36)/b11-8-,14-13-. The van der Waals surface area contributed by atoms with Crippen LogP contribution in [0.25, 0.3) is 12.2 Å². The molecule has 2 aromatic heterocycles. The Hall–Kier alpha value is -3.05. The summed E-state index contributed by atoms with van der Waals surface area (Å²) in [6, 6.07) is 4.01. The van der Waals surface area contributed by atoms with Crippen LogP contribution < -0.4 is 15.9 Å². The van der Waals surface area contributed by atoms with E-state index in [2.05, 4.69) is 74.2 Å². The molecule has 5 heteroatoms. The topological polar surface area (TPSA) is 50.4 Å². The lowest BCUT2D eigenvalue weighted by molar-refractivity contribution is -0.124. The van der Waals surface area contributed by atoms with Crippen LogP contribution in [-0.4, -0.2) is 28.5 Å². The SMILES string of the molecule is C=C(/C=C\C=C/C)Cn1c(C)c(C)c2c1=CC(C)C(C(=O)NCc1ccc(CN(CC)CCCC)o1)C=2. The molecule has 2 aromatic rings. The molecule has 0 aliphatic heterocycles. The normalized spacial score (nSPS) is 17.3. The van der Waals surface area contributed by atoms with E-state index in [1.807, 2.05) is 37.3 Å². The van der Waals surface area contributed by atoms with Crippen LogP contribution in [0, 0.1) is 25.7 Å². The van der Waals surface area contributed by atoms with Crippen molar-refractivity contribution in [3.05, 3.63) is 81.9 Å². The maximum atomic E-state index is 13.2. The van der Waals surface area contributed by atoms with Crippen LogP contribution in [0.1, 0.15) is 63.3 Å². The van der Waals surface area contributed by atoms with Crippen LogP contribution in [0.3, 0.4) is 0 Å². The van der Waals surface area contributed by atoms with Crippen molar-refractivity contribution >= 4 is 18.1 Å². The molecule has 0 fully saturated rings. The van der Waals surface area contributed by atoms with Crippen LogP contribution in [0.15, 0.2) is 53.0 Å². The van der Waals surface area contributed by atoms with Gasteiger partial charge in [-0.1, -0.05) is 70.2 Å². The third-order valence-electron chi connectivity index (χ3n) is 7.36. The van der Waals surface area contributed by atoms with E-state index in [1.54, 1.807) is 0 Å². The molecule has 0 saturated heterocycles. The number of unbranched alkanes of at least 4 members (excludes halogenated alkanes) is 1. The molecule has 1 aliphatic carbocycles. The van der Waals surface area contributed by atoms with Crippen molar-refractivity contribution in [3.63, 3.8) is 0 Å². The number of hydrogen-bond donors (Lipinski definition) is 1. The Morgan fingerprint density at radius 3 is 2.65 bits per heavy atom. The fourth-order valence-electron chi connectivity index (χ4n) is 4.91. The van der Waals surface area contributed by atoms with Crippen molar-refractivity contribution in [2.75, 3.05) is 13.1 Å². The van der Waals surface area contributed by atoms with Gasteiger partial charge in [0, 0.05) is 17.6 Å². The van der Waals surface area contributed by atoms with E-state index in [0.29, 0.717) is 6.54 Å². The van der Waals surface area contributed by atoms with Crippen molar-refractivity contribution < 1.29 is 9.21 Å². The molecule has 1 aliphatic rings. The molecule has 2 atom stereocenters. The minimum atomic E-state index is -0.210. The lowest BCUT2D eigenvalue weighted by Gasteiger charge is -2.20. The Balaban J connectivity index is 1.69. The molecule has 1 N–H and O–H groups in total. The average molecular weight is 504 g/mol. The first-order valence-corrected chi connectivity index (χ1v) is 13.7. The zero-order valence-corrected chi connectivity index (χ0v) is 23.6. The molecule has 2 heterocycles. The maximum Gasteiger partial charge on any atom is 0.227 e. The first-order valence-electron chi connectivity index (χ1n) is 13.7. The van der Waals surface area contributed by atoms with Gasteiger partial charge in [-0.15, -0.1) is 0 Å². The second-order valence-corrected chi connectivity index (χ2v) is 10.2. The summed E-state index contributed by atoms with van der Waals surface area (Å²) in [6.07, 6.45) is 14.9. The molecule has 0 saturated carbocycles. The van der Waals surface area contributed by atoms with E-state index in [0.717, 1.165) is 48.5 Å². The van der Waals surface area contributed by atoms with Gasteiger partial charge >= 0.3 is 0 Å². The van der Waals surface area contributed by atoms with Crippen molar-refractivity contribution in [1.29, 1.82) is 0 Å². The van der Waals surface area contributed by atoms with Crippen molar-refractivity contribution in [1.82, 2.24) is 14.8 Å². The Kier molecular flexibility index (Phi) is 10.4. The summed E-state index contributed by atoms with van der Waals surface area (Å²) in [6.45, 7) is 21.1. The van der Waals surface area contributed by atoms with Gasteiger partial charge in [-0.05, 0) is 74.7 Å². The summed E-state index contributed by atoms with van der Waals surface area (Å²) in [4.78, 5) is 15.6. The number of furan rings is 1. The highest BCUT2D eigenvalue weighted by atomic mass is 16.3. The van der Waals surface area contributed by atoms with E-state index < -0.39 is 0 Å². The first kappa shape index (κ1) is 28.5. The molecule has 200 valence electrons. The molecule has 0 bridgehead atoms. The summed E-state index contributed by atoms with van der Waals surface area (Å²) in [5, 5.41) is 5.46. The number of nitrogens with one attached hydrogen (secondary N) is 1. The Labute approximate surface area is 222 Å². The monoisotopic (exact) mass is 503 g/mol. The third-order valence-corrected chi connectivity index (χ3v) is 7.36. The smallest absolute Gasteiger partial charge is 0.227 e. The number of rotatable bonds is 13.